The predicted octanol–water partition coefficient (Wildman–Crippen LogP) is 2.49. The summed E-state index contributed by atoms with van der Waals surface area (Å²) in [5, 5.41) is 9.35. The van der Waals surface area contributed by atoms with E-state index in [1.54, 1.807) is 24.0 Å². The second-order valence-corrected chi connectivity index (χ2v) is 12.8. The van der Waals surface area contributed by atoms with Crippen LogP contribution in [0.1, 0.15) is 13.3 Å². The zero-order valence-electron chi connectivity index (χ0n) is 18.3. The first-order valence-electron chi connectivity index (χ1n) is 10.7. The second-order valence-electron chi connectivity index (χ2n) is 7.88. The number of rotatable bonds is 7. The van der Waals surface area contributed by atoms with Gasteiger partial charge in [0.25, 0.3) is 10.0 Å². The van der Waals surface area contributed by atoms with E-state index in [1.807, 2.05) is 12.1 Å². The molecule has 2 aromatic heterocycles. The fourth-order valence-electron chi connectivity index (χ4n) is 4.11. The lowest BCUT2D eigenvalue weighted by Crippen LogP contribution is -2.53. The fourth-order valence-corrected chi connectivity index (χ4v) is 8.18. The number of amides is 2. The molecular formula is C21H23ClN4O5S3. The van der Waals surface area contributed by atoms with Gasteiger partial charge in [-0.05, 0) is 37.6 Å². The van der Waals surface area contributed by atoms with Crippen LogP contribution in [0.4, 0.5) is 0 Å². The number of nitriles is 1. The quantitative estimate of drug-likeness (QED) is 0.497. The molecule has 4 heterocycles. The SMILES string of the molecule is C[C@@H](C(=O)N1CCOCC1)N1CC[C@H](N(CC#N)S(=O)(=O)c2ccc(-c3ccc(Cl)s3)s2)C1=O. The lowest BCUT2D eigenvalue weighted by Gasteiger charge is -2.33. The summed E-state index contributed by atoms with van der Waals surface area (Å²) in [7, 11) is -4.11. The Hall–Kier alpha value is -2.01. The van der Waals surface area contributed by atoms with Crippen molar-refractivity contribution in [2.24, 2.45) is 0 Å². The van der Waals surface area contributed by atoms with Crippen LogP contribution in [0.15, 0.2) is 28.5 Å². The molecule has 2 amide bonds. The Bertz CT molecular complexity index is 1220. The Labute approximate surface area is 211 Å². The predicted molar refractivity (Wildman–Crippen MR) is 129 cm³/mol. The van der Waals surface area contributed by atoms with Crippen LogP contribution in [-0.2, 0) is 24.3 Å². The van der Waals surface area contributed by atoms with Crippen LogP contribution in [0.3, 0.4) is 0 Å². The lowest BCUT2D eigenvalue weighted by atomic mass is 10.2. The molecule has 0 saturated carbocycles. The van der Waals surface area contributed by atoms with E-state index in [1.165, 1.54) is 22.3 Å². The van der Waals surface area contributed by atoms with Gasteiger partial charge in [0, 0.05) is 29.4 Å². The number of morpholine rings is 1. The molecule has 34 heavy (non-hydrogen) atoms. The molecule has 0 spiro atoms. The summed E-state index contributed by atoms with van der Waals surface area (Å²) >= 11 is 8.40. The van der Waals surface area contributed by atoms with Gasteiger partial charge in [0.15, 0.2) is 0 Å². The van der Waals surface area contributed by atoms with E-state index in [0.29, 0.717) is 30.6 Å². The van der Waals surface area contributed by atoms with Gasteiger partial charge in [0.1, 0.15) is 22.8 Å². The molecule has 0 unspecified atom stereocenters. The molecule has 0 N–H and O–H groups in total. The molecule has 2 saturated heterocycles. The third-order valence-corrected chi connectivity index (χ3v) is 10.7. The minimum absolute atomic E-state index is 0.0472. The highest BCUT2D eigenvalue weighted by molar-refractivity contribution is 7.91. The van der Waals surface area contributed by atoms with Gasteiger partial charge in [0.2, 0.25) is 11.8 Å². The summed E-state index contributed by atoms with van der Waals surface area (Å²) in [5.41, 5.74) is 0. The zero-order valence-corrected chi connectivity index (χ0v) is 21.6. The van der Waals surface area contributed by atoms with Crippen LogP contribution in [-0.4, -0.2) is 85.8 Å². The number of likely N-dealkylation sites (tertiary alicyclic amines) is 1. The molecule has 13 heteroatoms. The van der Waals surface area contributed by atoms with Crippen molar-refractivity contribution in [2.75, 3.05) is 39.4 Å². The van der Waals surface area contributed by atoms with E-state index in [-0.39, 0.29) is 23.1 Å². The highest BCUT2D eigenvalue weighted by Gasteiger charge is 2.45. The van der Waals surface area contributed by atoms with Gasteiger partial charge in [-0.25, -0.2) is 8.42 Å². The maximum Gasteiger partial charge on any atom is 0.254 e. The van der Waals surface area contributed by atoms with Gasteiger partial charge >= 0.3 is 0 Å². The summed E-state index contributed by atoms with van der Waals surface area (Å²) in [4.78, 5) is 30.8. The molecular weight excluding hydrogens is 520 g/mol. The van der Waals surface area contributed by atoms with E-state index in [9.17, 15) is 23.3 Å². The van der Waals surface area contributed by atoms with E-state index in [4.69, 9.17) is 16.3 Å². The number of ether oxygens (including phenoxy) is 1. The van der Waals surface area contributed by atoms with Crippen LogP contribution in [0, 0.1) is 11.3 Å². The standard InChI is InChI=1S/C21H23ClN4O5S3/c1-14(20(27)24-10-12-31-13-11-24)25-8-6-15(21(25)28)26(9-7-23)34(29,30)19-5-3-17(33-19)16-2-4-18(22)32-16/h2-5,14-15H,6,8-13H2,1H3/t14-,15-/m0/s1. The smallest absolute Gasteiger partial charge is 0.254 e. The third-order valence-electron chi connectivity index (χ3n) is 5.89. The first kappa shape index (κ1) is 25.1. The average molecular weight is 543 g/mol. The molecule has 2 aliphatic heterocycles. The number of carbonyl (C=O) groups is 2. The van der Waals surface area contributed by atoms with Crippen LogP contribution in [0.2, 0.25) is 4.34 Å². The van der Waals surface area contributed by atoms with Gasteiger partial charge in [0.05, 0.1) is 23.6 Å². The molecule has 9 nitrogen and oxygen atoms in total. The van der Waals surface area contributed by atoms with Gasteiger partial charge < -0.3 is 14.5 Å². The Morgan fingerprint density at radius 2 is 1.91 bits per heavy atom. The molecule has 2 atom stereocenters. The molecule has 0 radical (unpaired) electrons. The molecule has 4 rings (SSSR count). The third kappa shape index (κ3) is 4.86. The summed E-state index contributed by atoms with van der Waals surface area (Å²) < 4.78 is 33.8. The van der Waals surface area contributed by atoms with Gasteiger partial charge in [-0.2, -0.15) is 9.57 Å². The van der Waals surface area contributed by atoms with Crippen molar-refractivity contribution in [2.45, 2.75) is 29.6 Å². The maximum atomic E-state index is 13.5. The van der Waals surface area contributed by atoms with E-state index < -0.39 is 34.6 Å². The number of halogens is 1. The molecule has 2 fully saturated rings. The highest BCUT2D eigenvalue weighted by atomic mass is 35.5. The number of nitrogens with zero attached hydrogens (tertiary/aromatic N) is 4. The van der Waals surface area contributed by atoms with E-state index >= 15 is 0 Å². The van der Waals surface area contributed by atoms with Gasteiger partial charge in [-0.3, -0.25) is 9.59 Å². The Kier molecular flexibility index (Phi) is 7.61. The van der Waals surface area contributed by atoms with E-state index in [0.717, 1.165) is 25.4 Å². The number of sulfonamides is 1. The van der Waals surface area contributed by atoms with Crippen LogP contribution in [0.5, 0.6) is 0 Å². The summed E-state index contributed by atoms with van der Waals surface area (Å²) in [5.74, 6) is -0.653. The van der Waals surface area contributed by atoms with Crippen molar-refractivity contribution >= 4 is 56.1 Å². The largest absolute Gasteiger partial charge is 0.378 e. The molecule has 182 valence electrons. The minimum Gasteiger partial charge on any atom is -0.378 e. The van der Waals surface area contributed by atoms with Crippen molar-refractivity contribution in [1.29, 1.82) is 5.26 Å². The van der Waals surface area contributed by atoms with E-state index in [2.05, 4.69) is 0 Å². The van der Waals surface area contributed by atoms with Gasteiger partial charge in [-0.15, -0.1) is 22.7 Å². The Balaban J connectivity index is 1.54. The average Bonchev–Trinajstić information content (AvgIpc) is 3.57. The first-order chi connectivity index (χ1) is 16.2. The summed E-state index contributed by atoms with van der Waals surface area (Å²) in [6.45, 7) is 3.24. The fraction of sp³-hybridized carbons (Fsp3) is 0.476. The molecule has 0 bridgehead atoms. The van der Waals surface area contributed by atoms with Crippen molar-refractivity contribution in [3.63, 3.8) is 0 Å². The number of hydrogen-bond donors (Lipinski definition) is 0. The first-order valence-corrected chi connectivity index (χ1v) is 14.1. The van der Waals surface area contributed by atoms with Crippen molar-refractivity contribution < 1.29 is 22.7 Å². The Morgan fingerprint density at radius 1 is 1.24 bits per heavy atom. The van der Waals surface area contributed by atoms with Crippen molar-refractivity contribution in [1.82, 2.24) is 14.1 Å². The number of thiophene rings is 2. The van der Waals surface area contributed by atoms with Crippen LogP contribution >= 0.6 is 34.3 Å². The molecule has 2 aliphatic rings. The summed E-state index contributed by atoms with van der Waals surface area (Å²) in [6.07, 6.45) is 0.208. The molecule has 0 aliphatic carbocycles. The zero-order chi connectivity index (χ0) is 24.5. The monoisotopic (exact) mass is 542 g/mol. The normalized spacial score (nSPS) is 20.1. The Morgan fingerprint density at radius 3 is 2.56 bits per heavy atom. The van der Waals surface area contributed by atoms with Crippen LogP contribution < -0.4 is 0 Å². The maximum absolute atomic E-state index is 13.5. The summed E-state index contributed by atoms with van der Waals surface area (Å²) in [6, 6.07) is 6.84. The number of carbonyl (C=O) groups excluding carboxylic acids is 2. The highest BCUT2D eigenvalue weighted by Crippen LogP contribution is 2.38. The second kappa shape index (κ2) is 10.3. The minimum atomic E-state index is -4.11. The van der Waals surface area contributed by atoms with Crippen molar-refractivity contribution in [3.05, 3.63) is 28.6 Å². The molecule has 2 aromatic rings. The topological polar surface area (TPSA) is 111 Å². The van der Waals surface area contributed by atoms with Crippen molar-refractivity contribution in [3.8, 4) is 15.8 Å². The van der Waals surface area contributed by atoms with Crippen LogP contribution in [0.25, 0.3) is 9.75 Å². The lowest BCUT2D eigenvalue weighted by molar-refractivity contribution is -0.146. The van der Waals surface area contributed by atoms with Gasteiger partial charge in [-0.1, -0.05) is 11.6 Å². The number of hydrogen-bond acceptors (Lipinski definition) is 8. The molecule has 0 aromatic carbocycles.